The highest BCUT2D eigenvalue weighted by Gasteiger charge is 2.49. The van der Waals surface area contributed by atoms with E-state index in [-0.39, 0.29) is 11.1 Å². The van der Waals surface area contributed by atoms with Gasteiger partial charge in [-0.25, -0.2) is 0 Å². The van der Waals surface area contributed by atoms with Gasteiger partial charge in [-0.1, -0.05) is 0 Å². The average Bonchev–Trinajstić information content (AvgIpc) is 3.01. The van der Waals surface area contributed by atoms with E-state index in [4.69, 9.17) is 28.1 Å². The van der Waals surface area contributed by atoms with Crippen molar-refractivity contribution in [2.45, 2.75) is 68.3 Å². The molecule has 2 aliphatic heterocycles. The Kier molecular flexibility index (Phi) is 9.78. The summed E-state index contributed by atoms with van der Waals surface area (Å²) in [5, 5.41) is 102. The molecular formula is C29H32O18. The van der Waals surface area contributed by atoms with Gasteiger partial charge in [0.1, 0.15) is 65.2 Å². The third kappa shape index (κ3) is 6.63. The highest BCUT2D eigenvalue weighted by Crippen LogP contribution is 2.39. The lowest BCUT2D eigenvalue weighted by molar-refractivity contribution is -0.324. The lowest BCUT2D eigenvalue weighted by Gasteiger charge is -2.43. The summed E-state index contributed by atoms with van der Waals surface area (Å²) < 4.78 is 32.8. The van der Waals surface area contributed by atoms with Crippen molar-refractivity contribution < 1.29 is 84.0 Å². The minimum atomic E-state index is -2.02. The van der Waals surface area contributed by atoms with E-state index >= 15 is 0 Å². The third-order valence-corrected chi connectivity index (χ3v) is 7.61. The van der Waals surface area contributed by atoms with Gasteiger partial charge in [0.2, 0.25) is 17.5 Å². The second-order valence-electron chi connectivity index (χ2n) is 10.9. The molecule has 5 rings (SSSR count). The number of aromatic hydroxyl groups is 4. The van der Waals surface area contributed by atoms with Gasteiger partial charge < -0.3 is 79.2 Å². The lowest BCUT2D eigenvalue weighted by atomic mass is 9.98. The minimum Gasteiger partial charge on any atom is -0.508 e. The van der Waals surface area contributed by atoms with Crippen molar-refractivity contribution in [3.8, 4) is 40.1 Å². The van der Waals surface area contributed by atoms with Gasteiger partial charge in [0, 0.05) is 24.6 Å². The van der Waals surface area contributed by atoms with E-state index in [0.29, 0.717) is 0 Å². The zero-order valence-corrected chi connectivity index (χ0v) is 24.3. The number of carbonyl (C=O) groups is 1. The fraction of sp³-hybridized carbons (Fsp3) is 0.448. The zero-order valence-electron chi connectivity index (χ0n) is 24.3. The van der Waals surface area contributed by atoms with Crippen molar-refractivity contribution in [1.29, 1.82) is 0 Å². The van der Waals surface area contributed by atoms with Gasteiger partial charge in [-0.3, -0.25) is 9.59 Å². The normalized spacial score (nSPS) is 31.0. The number of esters is 1. The molecule has 0 amide bonds. The van der Waals surface area contributed by atoms with Crippen LogP contribution in [0, 0.1) is 0 Å². The highest BCUT2D eigenvalue weighted by molar-refractivity contribution is 5.88. The summed E-state index contributed by atoms with van der Waals surface area (Å²) >= 11 is 0. The van der Waals surface area contributed by atoms with E-state index < -0.39 is 126 Å². The van der Waals surface area contributed by atoms with Crippen LogP contribution >= 0.6 is 0 Å². The number of aliphatic hydroxyl groups excluding tert-OH is 6. The maximum atomic E-state index is 13.6. The fourth-order valence-electron chi connectivity index (χ4n) is 5.21. The Bertz CT molecular complexity index is 1670. The number of aliphatic hydroxyl groups is 6. The summed E-state index contributed by atoms with van der Waals surface area (Å²) in [6.45, 7) is -0.451. The number of fused-ring (bicyclic) bond motifs is 1. The first-order valence-corrected chi connectivity index (χ1v) is 14.0. The van der Waals surface area contributed by atoms with Crippen LogP contribution in [0.5, 0.6) is 28.7 Å². The Morgan fingerprint density at radius 3 is 2.17 bits per heavy atom. The molecule has 18 heteroatoms. The molecule has 10 atom stereocenters. The summed E-state index contributed by atoms with van der Waals surface area (Å²) in [6, 6.07) is 5.14. The van der Waals surface area contributed by atoms with Crippen molar-refractivity contribution >= 4 is 16.9 Å². The summed E-state index contributed by atoms with van der Waals surface area (Å²) in [7, 11) is 0. The number of carbonyl (C=O) groups excluding carboxylic acids is 1. The van der Waals surface area contributed by atoms with Crippen LogP contribution in [-0.4, -0.2) is 132 Å². The monoisotopic (exact) mass is 668 g/mol. The zero-order chi connectivity index (χ0) is 34.3. The van der Waals surface area contributed by atoms with Crippen LogP contribution in [0.2, 0.25) is 0 Å². The van der Waals surface area contributed by atoms with Crippen LogP contribution in [0.15, 0.2) is 39.5 Å². The summed E-state index contributed by atoms with van der Waals surface area (Å²) in [4.78, 5) is 25.1. The first kappa shape index (κ1) is 34.1. The molecule has 256 valence electrons. The molecule has 2 aliphatic rings. The molecular weight excluding hydrogens is 636 g/mol. The van der Waals surface area contributed by atoms with Crippen molar-refractivity contribution in [3.05, 3.63) is 40.6 Å². The predicted molar refractivity (Wildman–Crippen MR) is 151 cm³/mol. The number of hydrogen-bond acceptors (Lipinski definition) is 18. The largest absolute Gasteiger partial charge is 0.508 e. The molecule has 0 spiro atoms. The molecule has 0 saturated carbocycles. The number of ether oxygens (including phenoxy) is 5. The average molecular weight is 669 g/mol. The van der Waals surface area contributed by atoms with Crippen molar-refractivity contribution in [2.75, 3.05) is 13.2 Å². The van der Waals surface area contributed by atoms with E-state index in [0.717, 1.165) is 31.2 Å². The summed E-state index contributed by atoms with van der Waals surface area (Å²) in [5.74, 6) is -4.36. The molecule has 1 aromatic heterocycles. The quantitative estimate of drug-likeness (QED) is 0.0904. The molecule has 10 N–H and O–H groups in total. The van der Waals surface area contributed by atoms with Crippen molar-refractivity contribution in [3.63, 3.8) is 0 Å². The SMILES string of the molecule is CC(=O)O[C@@H]1[C@@H](O)[C@H](OC[C@H]2O[C@@H](Oc3c(-c4ccc(O)c(O)c4)oc4cc(O)cc(O)c4c3=O)[C@H](O)[C@@H](O)[C@@H]2O)O[C@H](CO)[C@H]1O. The number of phenolic OH excluding ortho intramolecular Hbond substituents is 4. The van der Waals surface area contributed by atoms with Crippen LogP contribution < -0.4 is 10.2 Å². The van der Waals surface area contributed by atoms with Crippen LogP contribution in [-0.2, 0) is 23.7 Å². The Labute approximate surface area is 263 Å². The molecule has 0 unspecified atom stereocenters. The van der Waals surface area contributed by atoms with E-state index in [1.807, 2.05) is 0 Å². The van der Waals surface area contributed by atoms with Gasteiger partial charge in [0.15, 0.2) is 29.7 Å². The molecule has 0 radical (unpaired) electrons. The van der Waals surface area contributed by atoms with Crippen molar-refractivity contribution in [2.24, 2.45) is 0 Å². The van der Waals surface area contributed by atoms with Gasteiger partial charge in [0.25, 0.3) is 0 Å². The molecule has 0 bridgehead atoms. The van der Waals surface area contributed by atoms with E-state index in [1.54, 1.807) is 0 Å². The van der Waals surface area contributed by atoms with Crippen LogP contribution in [0.3, 0.4) is 0 Å². The van der Waals surface area contributed by atoms with Crippen molar-refractivity contribution in [1.82, 2.24) is 0 Å². The second-order valence-corrected chi connectivity index (χ2v) is 10.9. The molecule has 47 heavy (non-hydrogen) atoms. The standard InChI is InChI=1S/C29H32O18/c1-9(31)43-26-20(37)16(7-30)45-28(24(26)41)42-8-17-19(36)22(39)23(40)29(46-17)47-27-21(38)18-14(35)5-11(32)6-15(18)44-25(27)10-2-3-12(33)13(34)4-10/h2-6,16-17,19-20,22-24,26,28-30,32-37,39-41H,7-8H2,1H3/t16-,17-,19-,20-,22+,23-,24-,26+,28-,29+/m1/s1. The molecule has 0 aliphatic carbocycles. The summed E-state index contributed by atoms with van der Waals surface area (Å²) in [5.41, 5.74) is -1.44. The van der Waals surface area contributed by atoms with Gasteiger partial charge in [-0.2, -0.15) is 0 Å². The molecule has 2 saturated heterocycles. The third-order valence-electron chi connectivity index (χ3n) is 7.61. The minimum absolute atomic E-state index is 0.0608. The topological polar surface area (TPSA) is 296 Å². The number of hydrogen-bond donors (Lipinski definition) is 10. The highest BCUT2D eigenvalue weighted by atomic mass is 16.7. The van der Waals surface area contributed by atoms with Gasteiger partial charge in [-0.15, -0.1) is 0 Å². The lowest BCUT2D eigenvalue weighted by Crippen LogP contribution is -2.62. The molecule has 3 aromatic rings. The van der Waals surface area contributed by atoms with Crippen LogP contribution in [0.25, 0.3) is 22.3 Å². The summed E-state index contributed by atoms with van der Waals surface area (Å²) in [6.07, 6.45) is -17.4. The first-order chi connectivity index (χ1) is 22.2. The molecule has 2 fully saturated rings. The number of benzene rings is 2. The number of phenols is 4. The molecule has 2 aromatic carbocycles. The van der Waals surface area contributed by atoms with Gasteiger partial charge in [-0.05, 0) is 18.2 Å². The van der Waals surface area contributed by atoms with Gasteiger partial charge >= 0.3 is 5.97 Å². The van der Waals surface area contributed by atoms with E-state index in [9.17, 15) is 60.7 Å². The maximum absolute atomic E-state index is 13.6. The Morgan fingerprint density at radius 1 is 0.809 bits per heavy atom. The number of rotatable bonds is 8. The maximum Gasteiger partial charge on any atom is 0.303 e. The second kappa shape index (κ2) is 13.5. The predicted octanol–water partition coefficient (Wildman–Crippen LogP) is -2.14. The van der Waals surface area contributed by atoms with E-state index in [2.05, 4.69) is 0 Å². The van der Waals surface area contributed by atoms with Crippen LogP contribution in [0.1, 0.15) is 6.92 Å². The van der Waals surface area contributed by atoms with Gasteiger partial charge in [0.05, 0.1) is 13.2 Å². The molecule has 3 heterocycles. The Balaban J connectivity index is 1.45. The fourth-order valence-corrected chi connectivity index (χ4v) is 5.21. The Hall–Kier alpha value is -4.24. The van der Waals surface area contributed by atoms with Crippen LogP contribution in [0.4, 0.5) is 0 Å². The first-order valence-electron chi connectivity index (χ1n) is 14.0. The van der Waals surface area contributed by atoms with E-state index in [1.165, 1.54) is 6.07 Å². The smallest absolute Gasteiger partial charge is 0.303 e. The Morgan fingerprint density at radius 2 is 1.51 bits per heavy atom. The molecule has 18 nitrogen and oxygen atoms in total.